The third-order valence-electron chi connectivity index (χ3n) is 3.89. The van der Waals surface area contributed by atoms with Crippen molar-refractivity contribution in [2.45, 2.75) is 26.4 Å². The van der Waals surface area contributed by atoms with E-state index in [9.17, 15) is 4.79 Å². The van der Waals surface area contributed by atoms with E-state index in [-0.39, 0.29) is 13.3 Å². The molecule has 1 aromatic heterocycles. The Bertz CT molecular complexity index is 964. The van der Waals surface area contributed by atoms with Crippen molar-refractivity contribution >= 4 is 38.2 Å². The highest BCUT2D eigenvalue weighted by atomic mass is 32.1. The van der Waals surface area contributed by atoms with E-state index in [4.69, 9.17) is 4.74 Å². The lowest BCUT2D eigenvalue weighted by Crippen LogP contribution is -2.10. The minimum absolute atomic E-state index is 0. The van der Waals surface area contributed by atoms with Crippen molar-refractivity contribution in [3.63, 3.8) is 0 Å². The molecule has 1 heterocycles. The quantitative estimate of drug-likeness (QED) is 0.700. The van der Waals surface area contributed by atoms with Gasteiger partial charge in [-0.05, 0) is 49.7 Å². The summed E-state index contributed by atoms with van der Waals surface area (Å²) in [6, 6.07) is 13.5. The van der Waals surface area contributed by atoms with Crippen molar-refractivity contribution < 1.29 is 11.0 Å². The Hall–Kier alpha value is -2.73. The Labute approximate surface area is 150 Å². The Morgan fingerprint density at radius 2 is 2.12 bits per heavy atom. The van der Waals surface area contributed by atoms with Crippen molar-refractivity contribution in [1.82, 2.24) is 4.98 Å². The van der Waals surface area contributed by atoms with Crippen LogP contribution < -0.4 is 10.2 Å². The van der Waals surface area contributed by atoms with Gasteiger partial charge in [-0.15, -0.1) is 0 Å². The number of rotatable bonds is 4. The van der Waals surface area contributed by atoms with Crippen LogP contribution in [0.15, 0.2) is 47.6 Å². The number of para-hydroxylation sites is 1. The monoisotopic (exact) mass is 353 g/mol. The van der Waals surface area contributed by atoms with Gasteiger partial charge < -0.3 is 4.74 Å². The lowest BCUT2D eigenvalue weighted by atomic mass is 10.1. The molecule has 1 aliphatic rings. The van der Waals surface area contributed by atoms with E-state index in [1.165, 1.54) is 11.3 Å². The summed E-state index contributed by atoms with van der Waals surface area (Å²) in [7, 11) is 0. The normalized spacial score (nSPS) is 15.2. The van der Waals surface area contributed by atoms with Crippen molar-refractivity contribution in [2.24, 2.45) is 5.10 Å². The smallest absolute Gasteiger partial charge is 0.209 e. The van der Waals surface area contributed by atoms with Gasteiger partial charge in [0.25, 0.3) is 0 Å². The molecule has 1 aliphatic carbocycles. The Morgan fingerprint density at radius 1 is 1.28 bits per heavy atom. The molecule has 128 valence electrons. The van der Waals surface area contributed by atoms with Crippen molar-refractivity contribution in [2.75, 3.05) is 5.43 Å². The van der Waals surface area contributed by atoms with E-state index in [0.717, 1.165) is 21.5 Å². The number of hydrogen-bond acceptors (Lipinski definition) is 6. The van der Waals surface area contributed by atoms with Crippen molar-refractivity contribution in [3.05, 3.63) is 53.6 Å². The summed E-state index contributed by atoms with van der Waals surface area (Å²) in [5, 5.41) is 4.98. The molecule has 2 aromatic carbocycles. The van der Waals surface area contributed by atoms with Crippen LogP contribution in [0.1, 0.15) is 31.2 Å². The summed E-state index contributed by atoms with van der Waals surface area (Å²) in [6.07, 6.45) is 0.602. The van der Waals surface area contributed by atoms with Gasteiger partial charge in [-0.25, -0.2) is 4.98 Å². The summed E-state index contributed by atoms with van der Waals surface area (Å²) in [5.74, 6) is 0.738. The second-order valence-corrected chi connectivity index (χ2v) is 7.18. The van der Waals surface area contributed by atoms with Crippen LogP contribution in [0.2, 0.25) is 0 Å². The largest absolute Gasteiger partial charge is 0.491 e. The third kappa shape index (κ3) is 3.13. The molecule has 4 rings (SSSR count). The molecular weight excluding hydrogens is 334 g/mol. The maximum Gasteiger partial charge on any atom is 0.209 e. The van der Waals surface area contributed by atoms with Crippen LogP contribution in [-0.2, 0) is 6.42 Å². The Morgan fingerprint density at radius 3 is 2.92 bits per heavy atom. The predicted octanol–water partition coefficient (Wildman–Crippen LogP) is 4.54. The average molecular weight is 353 g/mol. The number of carbonyl (C=O) groups excluding carboxylic acids is 1. The summed E-state index contributed by atoms with van der Waals surface area (Å²) < 4.78 is 6.78. The molecule has 5 nitrogen and oxygen atoms in total. The first-order chi connectivity index (χ1) is 12.1. The molecule has 0 unspecified atom stereocenters. The first-order valence-electron chi connectivity index (χ1n) is 8.12. The average Bonchev–Trinajstić information content (AvgIpc) is 3.13. The number of hydrazone groups is 1. The Balaban J connectivity index is 0.00000196. The first kappa shape index (κ1) is 15.8. The topological polar surface area (TPSA) is 63.6 Å². The van der Waals surface area contributed by atoms with Crippen LogP contribution in [0.3, 0.4) is 0 Å². The third-order valence-corrected chi connectivity index (χ3v) is 4.83. The van der Waals surface area contributed by atoms with Crippen LogP contribution in [0, 0.1) is 0 Å². The number of Topliss-reactive ketones (excluding diaryl/α,β-unsaturated/α-hetero) is 1. The number of nitrogens with one attached hydrogen (secondary N) is 1. The maximum atomic E-state index is 12.5. The van der Waals surface area contributed by atoms with Gasteiger partial charge in [-0.3, -0.25) is 10.2 Å². The molecule has 6 heteroatoms. The van der Waals surface area contributed by atoms with Crippen LogP contribution >= 0.6 is 11.3 Å². The van der Waals surface area contributed by atoms with Crippen LogP contribution in [0.5, 0.6) is 5.75 Å². The fourth-order valence-corrected chi connectivity index (χ4v) is 3.63. The van der Waals surface area contributed by atoms with Gasteiger partial charge in [0.1, 0.15) is 11.5 Å². The zero-order valence-electron chi connectivity index (χ0n) is 13.9. The van der Waals surface area contributed by atoms with E-state index in [2.05, 4.69) is 15.5 Å². The zero-order valence-corrected chi connectivity index (χ0v) is 14.8. The van der Waals surface area contributed by atoms with E-state index < -0.39 is 0 Å². The molecular formula is C19H19N3O2S. The van der Waals surface area contributed by atoms with Gasteiger partial charge in [0.2, 0.25) is 10.9 Å². The van der Waals surface area contributed by atoms with Gasteiger partial charge in [0.15, 0.2) is 0 Å². The number of ketones is 1. The summed E-state index contributed by atoms with van der Waals surface area (Å²) in [4.78, 5) is 17.0. The first-order valence-corrected chi connectivity index (χ1v) is 8.94. The van der Waals surface area contributed by atoms with Gasteiger partial charge in [-0.2, -0.15) is 5.10 Å². The number of ether oxygens (including phenoxy) is 1. The molecule has 0 spiro atoms. The molecule has 0 fully saturated rings. The number of carbonyl (C=O) groups is 1. The van der Waals surface area contributed by atoms with Crippen LogP contribution in [-0.4, -0.2) is 22.6 Å². The number of thiazole rings is 1. The number of aromatic nitrogens is 1. The standard InChI is InChI=1S/C19H17N3O2S.H2/c1-11(2)24-13-7-8-14-12(9-13)10-16(18(14)23)21-22-19-20-15-5-3-4-6-17(15)25-19;/h3-9,11H,10H2,1-2H3,(H,20,22);1H/b21-16-;. The lowest BCUT2D eigenvalue weighted by molar-refractivity contribution is 0.106. The minimum atomic E-state index is -0.0419. The van der Waals surface area contributed by atoms with Gasteiger partial charge in [0, 0.05) is 13.4 Å². The molecule has 25 heavy (non-hydrogen) atoms. The highest BCUT2D eigenvalue weighted by molar-refractivity contribution is 7.22. The summed E-state index contributed by atoms with van der Waals surface area (Å²) in [5.41, 5.74) is 6.00. The molecule has 3 aromatic rings. The number of nitrogens with zero attached hydrogens (tertiary/aromatic N) is 2. The minimum Gasteiger partial charge on any atom is -0.491 e. The van der Waals surface area contributed by atoms with E-state index in [0.29, 0.717) is 22.8 Å². The molecule has 0 radical (unpaired) electrons. The molecule has 0 saturated carbocycles. The highest BCUT2D eigenvalue weighted by Crippen LogP contribution is 2.28. The van der Waals surface area contributed by atoms with Crippen LogP contribution in [0.25, 0.3) is 10.2 Å². The fourth-order valence-electron chi connectivity index (χ4n) is 2.83. The number of anilines is 1. The van der Waals surface area contributed by atoms with Gasteiger partial charge >= 0.3 is 0 Å². The van der Waals surface area contributed by atoms with Gasteiger partial charge in [-0.1, -0.05) is 23.5 Å². The summed E-state index contributed by atoms with van der Waals surface area (Å²) >= 11 is 1.51. The lowest BCUT2D eigenvalue weighted by Gasteiger charge is -2.10. The van der Waals surface area contributed by atoms with Crippen molar-refractivity contribution in [3.8, 4) is 5.75 Å². The zero-order chi connectivity index (χ0) is 17.4. The number of benzene rings is 2. The van der Waals surface area contributed by atoms with Gasteiger partial charge in [0.05, 0.1) is 16.3 Å². The molecule has 1 N–H and O–H groups in total. The summed E-state index contributed by atoms with van der Waals surface area (Å²) in [6.45, 7) is 3.96. The van der Waals surface area contributed by atoms with Crippen LogP contribution in [0.4, 0.5) is 5.13 Å². The van der Waals surface area contributed by atoms with E-state index in [1.54, 1.807) is 0 Å². The van der Waals surface area contributed by atoms with E-state index >= 15 is 0 Å². The molecule has 0 atom stereocenters. The second kappa shape index (κ2) is 6.29. The second-order valence-electron chi connectivity index (χ2n) is 6.15. The number of fused-ring (bicyclic) bond motifs is 2. The number of hydrogen-bond donors (Lipinski definition) is 1. The molecule has 0 aliphatic heterocycles. The van der Waals surface area contributed by atoms with Crippen molar-refractivity contribution in [1.29, 1.82) is 0 Å². The SMILES string of the molecule is CC(C)Oc1ccc2c(c1)C/C(=N/Nc1nc3ccccc3s1)C2=O.[HH]. The predicted molar refractivity (Wildman–Crippen MR) is 103 cm³/mol. The molecule has 0 bridgehead atoms. The Kier molecular flexibility index (Phi) is 3.97. The molecule has 0 amide bonds. The maximum absolute atomic E-state index is 12.5. The van der Waals surface area contributed by atoms with E-state index in [1.807, 2.05) is 56.3 Å². The highest BCUT2D eigenvalue weighted by Gasteiger charge is 2.27. The molecule has 0 saturated heterocycles. The fraction of sp³-hybridized carbons (Fsp3) is 0.211.